The lowest BCUT2D eigenvalue weighted by atomic mass is 10.1. The standard InChI is InChI=1S/C20H23NO5/c1-24-18-10-6-5-7-16(18)11-13-21-19(22)15-26-20(23)12-14-25-17-8-3-2-4-9-17/h2-10H,11-15H2,1H3,(H,21,22). The molecular weight excluding hydrogens is 334 g/mol. The van der Waals surface area contributed by atoms with E-state index < -0.39 is 5.97 Å². The van der Waals surface area contributed by atoms with Crippen molar-refractivity contribution in [2.24, 2.45) is 0 Å². The van der Waals surface area contributed by atoms with Gasteiger partial charge in [0.1, 0.15) is 11.5 Å². The number of amides is 1. The monoisotopic (exact) mass is 357 g/mol. The molecule has 26 heavy (non-hydrogen) atoms. The zero-order valence-corrected chi connectivity index (χ0v) is 14.8. The Kier molecular flexibility index (Phi) is 7.99. The van der Waals surface area contributed by atoms with Crippen LogP contribution in [0.2, 0.25) is 0 Å². The molecule has 1 amide bonds. The molecule has 0 aliphatic heterocycles. The molecule has 6 nitrogen and oxygen atoms in total. The average molecular weight is 357 g/mol. The van der Waals surface area contributed by atoms with E-state index >= 15 is 0 Å². The van der Waals surface area contributed by atoms with Crippen LogP contribution in [0.1, 0.15) is 12.0 Å². The van der Waals surface area contributed by atoms with Crippen LogP contribution in [0, 0.1) is 0 Å². The van der Waals surface area contributed by atoms with Crippen LogP contribution >= 0.6 is 0 Å². The number of methoxy groups -OCH3 is 1. The van der Waals surface area contributed by atoms with Gasteiger partial charge in [0.25, 0.3) is 5.91 Å². The van der Waals surface area contributed by atoms with Gasteiger partial charge in [0, 0.05) is 6.54 Å². The lowest BCUT2D eigenvalue weighted by Crippen LogP contribution is -2.30. The Morgan fingerprint density at radius 2 is 1.73 bits per heavy atom. The number of para-hydroxylation sites is 2. The SMILES string of the molecule is COc1ccccc1CCNC(=O)COC(=O)CCOc1ccccc1. The minimum absolute atomic E-state index is 0.0867. The Balaban J connectivity index is 1.58. The Bertz CT molecular complexity index is 702. The first-order valence-electron chi connectivity index (χ1n) is 8.41. The van der Waals surface area contributed by atoms with Crippen molar-refractivity contribution in [2.45, 2.75) is 12.8 Å². The predicted molar refractivity (Wildman–Crippen MR) is 97.2 cm³/mol. The number of esters is 1. The van der Waals surface area contributed by atoms with Gasteiger partial charge in [-0.1, -0.05) is 36.4 Å². The predicted octanol–water partition coefficient (Wildman–Crippen LogP) is 2.37. The van der Waals surface area contributed by atoms with Gasteiger partial charge in [-0.25, -0.2) is 0 Å². The van der Waals surface area contributed by atoms with E-state index in [9.17, 15) is 9.59 Å². The molecule has 0 aliphatic rings. The zero-order valence-electron chi connectivity index (χ0n) is 14.8. The van der Waals surface area contributed by atoms with Crippen molar-refractivity contribution in [3.63, 3.8) is 0 Å². The number of hydrogen-bond donors (Lipinski definition) is 1. The van der Waals surface area contributed by atoms with Crippen LogP contribution in [-0.4, -0.2) is 38.7 Å². The van der Waals surface area contributed by atoms with Gasteiger partial charge >= 0.3 is 5.97 Å². The van der Waals surface area contributed by atoms with E-state index in [1.807, 2.05) is 42.5 Å². The van der Waals surface area contributed by atoms with Crippen LogP contribution in [0.5, 0.6) is 11.5 Å². The second-order valence-electron chi connectivity index (χ2n) is 5.48. The molecule has 0 saturated heterocycles. The molecule has 138 valence electrons. The summed E-state index contributed by atoms with van der Waals surface area (Å²) in [5.74, 6) is 0.666. The molecule has 0 spiro atoms. The van der Waals surface area contributed by atoms with Crippen molar-refractivity contribution < 1.29 is 23.8 Å². The van der Waals surface area contributed by atoms with E-state index in [-0.39, 0.29) is 25.5 Å². The summed E-state index contributed by atoms with van der Waals surface area (Å²) in [5, 5.41) is 2.72. The third-order valence-electron chi connectivity index (χ3n) is 3.59. The largest absolute Gasteiger partial charge is 0.496 e. The number of benzene rings is 2. The molecular formula is C20H23NO5. The normalized spacial score (nSPS) is 10.0. The molecule has 2 aromatic rings. The van der Waals surface area contributed by atoms with E-state index in [0.29, 0.717) is 18.7 Å². The quantitative estimate of drug-likeness (QED) is 0.661. The number of carbonyl (C=O) groups is 2. The zero-order chi connectivity index (χ0) is 18.6. The van der Waals surface area contributed by atoms with Crippen LogP contribution in [0.4, 0.5) is 0 Å². The molecule has 0 saturated carbocycles. The van der Waals surface area contributed by atoms with Gasteiger partial charge in [-0.2, -0.15) is 0 Å². The first-order chi connectivity index (χ1) is 12.7. The number of ether oxygens (including phenoxy) is 3. The molecule has 1 N–H and O–H groups in total. The third-order valence-corrected chi connectivity index (χ3v) is 3.59. The van der Waals surface area contributed by atoms with Gasteiger partial charge in [0.05, 0.1) is 20.1 Å². The number of nitrogens with one attached hydrogen (secondary N) is 1. The van der Waals surface area contributed by atoms with Crippen LogP contribution < -0.4 is 14.8 Å². The Morgan fingerprint density at radius 3 is 2.50 bits per heavy atom. The minimum Gasteiger partial charge on any atom is -0.496 e. The first kappa shape index (κ1) is 19.3. The summed E-state index contributed by atoms with van der Waals surface area (Å²) in [5.41, 5.74) is 1.00. The van der Waals surface area contributed by atoms with Gasteiger partial charge in [0.2, 0.25) is 0 Å². The maximum Gasteiger partial charge on any atom is 0.309 e. The van der Waals surface area contributed by atoms with Gasteiger partial charge in [0.15, 0.2) is 6.61 Å². The topological polar surface area (TPSA) is 73.9 Å². The van der Waals surface area contributed by atoms with E-state index in [1.54, 1.807) is 19.2 Å². The summed E-state index contributed by atoms with van der Waals surface area (Å²) in [6.45, 7) is 0.349. The van der Waals surface area contributed by atoms with Crippen molar-refractivity contribution in [2.75, 3.05) is 26.9 Å². The second-order valence-corrected chi connectivity index (χ2v) is 5.48. The molecule has 2 rings (SSSR count). The molecule has 0 radical (unpaired) electrons. The minimum atomic E-state index is -0.471. The fraction of sp³-hybridized carbons (Fsp3) is 0.300. The Hall–Kier alpha value is -3.02. The third kappa shape index (κ3) is 6.84. The molecule has 0 bridgehead atoms. The molecule has 0 atom stereocenters. The Labute approximate surface area is 153 Å². The van der Waals surface area contributed by atoms with Crippen LogP contribution in [0.15, 0.2) is 54.6 Å². The molecule has 0 aliphatic carbocycles. The van der Waals surface area contributed by atoms with E-state index in [1.165, 1.54) is 0 Å². The summed E-state index contributed by atoms with van der Waals surface area (Å²) in [6, 6.07) is 16.8. The summed E-state index contributed by atoms with van der Waals surface area (Å²) in [7, 11) is 1.61. The van der Waals surface area contributed by atoms with E-state index in [4.69, 9.17) is 14.2 Å². The highest BCUT2D eigenvalue weighted by Crippen LogP contribution is 2.17. The maximum atomic E-state index is 11.7. The highest BCUT2D eigenvalue weighted by molar-refractivity contribution is 5.80. The van der Waals surface area contributed by atoms with Crippen molar-refractivity contribution in [1.82, 2.24) is 5.32 Å². The van der Waals surface area contributed by atoms with Crippen LogP contribution in [0.3, 0.4) is 0 Å². The van der Waals surface area contributed by atoms with E-state index in [0.717, 1.165) is 11.3 Å². The van der Waals surface area contributed by atoms with Gasteiger partial charge in [-0.3, -0.25) is 9.59 Å². The van der Waals surface area contributed by atoms with Crippen molar-refractivity contribution >= 4 is 11.9 Å². The molecule has 6 heteroatoms. The lowest BCUT2D eigenvalue weighted by molar-refractivity contribution is -0.149. The molecule has 0 unspecified atom stereocenters. The average Bonchev–Trinajstić information content (AvgIpc) is 2.67. The summed E-state index contributed by atoms with van der Waals surface area (Å²) in [4.78, 5) is 23.4. The summed E-state index contributed by atoms with van der Waals surface area (Å²) >= 11 is 0. The molecule has 2 aromatic carbocycles. The lowest BCUT2D eigenvalue weighted by Gasteiger charge is -2.09. The fourth-order valence-electron chi connectivity index (χ4n) is 2.28. The van der Waals surface area contributed by atoms with E-state index in [2.05, 4.69) is 5.32 Å². The number of rotatable bonds is 10. The molecule has 0 heterocycles. The van der Waals surface area contributed by atoms with Gasteiger partial charge in [-0.05, 0) is 30.2 Å². The van der Waals surface area contributed by atoms with Crippen molar-refractivity contribution in [1.29, 1.82) is 0 Å². The number of carbonyl (C=O) groups excluding carboxylic acids is 2. The highest BCUT2D eigenvalue weighted by atomic mass is 16.5. The second kappa shape index (κ2) is 10.8. The van der Waals surface area contributed by atoms with Crippen LogP contribution in [0.25, 0.3) is 0 Å². The number of hydrogen-bond acceptors (Lipinski definition) is 5. The first-order valence-corrected chi connectivity index (χ1v) is 8.41. The smallest absolute Gasteiger partial charge is 0.309 e. The molecule has 0 aromatic heterocycles. The van der Waals surface area contributed by atoms with Crippen molar-refractivity contribution in [3.8, 4) is 11.5 Å². The van der Waals surface area contributed by atoms with Crippen molar-refractivity contribution in [3.05, 3.63) is 60.2 Å². The Morgan fingerprint density at radius 1 is 1.00 bits per heavy atom. The maximum absolute atomic E-state index is 11.7. The summed E-state index contributed by atoms with van der Waals surface area (Å²) < 4.78 is 15.6. The summed E-state index contributed by atoms with van der Waals surface area (Å²) in [6.07, 6.45) is 0.720. The highest BCUT2D eigenvalue weighted by Gasteiger charge is 2.08. The molecule has 0 fully saturated rings. The van der Waals surface area contributed by atoms with Gasteiger partial charge < -0.3 is 19.5 Å². The fourth-order valence-corrected chi connectivity index (χ4v) is 2.28. The van der Waals surface area contributed by atoms with Crippen LogP contribution in [-0.2, 0) is 20.7 Å². The van der Waals surface area contributed by atoms with Gasteiger partial charge in [-0.15, -0.1) is 0 Å².